The van der Waals surface area contributed by atoms with E-state index >= 15 is 0 Å². The molecule has 5 rings (SSSR count). The summed E-state index contributed by atoms with van der Waals surface area (Å²) in [6.07, 6.45) is 2.07. The van der Waals surface area contributed by atoms with Gasteiger partial charge < -0.3 is 9.52 Å². The highest BCUT2D eigenvalue weighted by atomic mass is 35.5. The SMILES string of the molecule is CC1=CC(c2ccccc2Cl)N=C(Nc2nc3ccccc3o2)N1c1ccc(CO)cc1. The van der Waals surface area contributed by atoms with Crippen molar-refractivity contribution in [1.29, 1.82) is 0 Å². The van der Waals surface area contributed by atoms with E-state index in [4.69, 9.17) is 21.0 Å². The summed E-state index contributed by atoms with van der Waals surface area (Å²) in [7, 11) is 0. The van der Waals surface area contributed by atoms with Gasteiger partial charge in [-0.05, 0) is 54.5 Å². The lowest BCUT2D eigenvalue weighted by Crippen LogP contribution is -2.38. The fraction of sp³-hybridized carbons (Fsp3) is 0.120. The number of hydrogen-bond acceptors (Lipinski definition) is 6. The highest BCUT2D eigenvalue weighted by Gasteiger charge is 2.26. The minimum Gasteiger partial charge on any atom is -0.423 e. The summed E-state index contributed by atoms with van der Waals surface area (Å²) in [6.45, 7) is 2.01. The maximum atomic E-state index is 9.40. The molecule has 1 aliphatic rings. The summed E-state index contributed by atoms with van der Waals surface area (Å²) in [5.74, 6) is 0.568. The van der Waals surface area contributed by atoms with Crippen LogP contribution in [-0.4, -0.2) is 16.1 Å². The number of aromatic nitrogens is 1. The zero-order chi connectivity index (χ0) is 22.1. The second kappa shape index (κ2) is 8.49. The van der Waals surface area contributed by atoms with Crippen LogP contribution in [0.3, 0.4) is 0 Å². The molecule has 2 N–H and O–H groups in total. The zero-order valence-electron chi connectivity index (χ0n) is 17.4. The first-order chi connectivity index (χ1) is 15.6. The molecular weight excluding hydrogens is 424 g/mol. The van der Waals surface area contributed by atoms with Gasteiger partial charge in [0.1, 0.15) is 11.6 Å². The van der Waals surface area contributed by atoms with E-state index in [1.807, 2.05) is 84.6 Å². The van der Waals surface area contributed by atoms with Crippen molar-refractivity contribution in [3.05, 3.63) is 101 Å². The third-order valence-electron chi connectivity index (χ3n) is 5.34. The van der Waals surface area contributed by atoms with Crippen LogP contribution in [0.5, 0.6) is 0 Å². The van der Waals surface area contributed by atoms with Gasteiger partial charge >= 0.3 is 6.01 Å². The van der Waals surface area contributed by atoms with Crippen LogP contribution >= 0.6 is 11.6 Å². The molecule has 0 fully saturated rings. The molecule has 160 valence electrons. The molecule has 1 unspecified atom stereocenters. The molecular formula is C25H21ClN4O2. The normalized spacial score (nSPS) is 16.1. The third kappa shape index (κ3) is 3.86. The van der Waals surface area contributed by atoms with Gasteiger partial charge in [-0.3, -0.25) is 10.2 Å². The number of aliphatic hydroxyl groups excluding tert-OH is 1. The van der Waals surface area contributed by atoms with Crippen molar-refractivity contribution in [2.24, 2.45) is 4.99 Å². The number of rotatable bonds is 4. The quantitative estimate of drug-likeness (QED) is 0.409. The van der Waals surface area contributed by atoms with Crippen molar-refractivity contribution >= 4 is 40.4 Å². The number of benzene rings is 3. The number of aliphatic hydroxyl groups is 1. The van der Waals surface area contributed by atoms with Crippen LogP contribution in [0.15, 0.2) is 94.0 Å². The molecule has 0 amide bonds. The van der Waals surface area contributed by atoms with Gasteiger partial charge in [0.15, 0.2) is 5.58 Å². The predicted octanol–water partition coefficient (Wildman–Crippen LogP) is 5.91. The average molecular weight is 445 g/mol. The van der Waals surface area contributed by atoms with Crippen LogP contribution in [0.2, 0.25) is 5.02 Å². The minimum atomic E-state index is -0.261. The number of halogens is 1. The molecule has 0 bridgehead atoms. The van der Waals surface area contributed by atoms with Gasteiger partial charge in [0.2, 0.25) is 5.96 Å². The number of aliphatic imine (C=N–C) groups is 1. The van der Waals surface area contributed by atoms with E-state index in [0.29, 0.717) is 22.6 Å². The topological polar surface area (TPSA) is 73.9 Å². The Bertz CT molecular complexity index is 1290. The summed E-state index contributed by atoms with van der Waals surface area (Å²) in [5, 5.41) is 13.3. The predicted molar refractivity (Wildman–Crippen MR) is 128 cm³/mol. The Kier molecular flexibility index (Phi) is 5.39. The molecule has 4 aromatic rings. The highest BCUT2D eigenvalue weighted by Crippen LogP contribution is 2.34. The maximum Gasteiger partial charge on any atom is 0.302 e. The molecule has 6 nitrogen and oxygen atoms in total. The van der Waals surface area contributed by atoms with Crippen LogP contribution in [0, 0.1) is 0 Å². The average Bonchev–Trinajstić information content (AvgIpc) is 3.22. The number of hydrogen-bond donors (Lipinski definition) is 2. The van der Waals surface area contributed by atoms with E-state index in [9.17, 15) is 5.11 Å². The molecule has 0 radical (unpaired) electrons. The van der Waals surface area contributed by atoms with Gasteiger partial charge in [-0.1, -0.05) is 54.1 Å². The van der Waals surface area contributed by atoms with Crippen molar-refractivity contribution < 1.29 is 9.52 Å². The van der Waals surface area contributed by atoms with Crippen molar-refractivity contribution in [3.63, 3.8) is 0 Å². The first-order valence-electron chi connectivity index (χ1n) is 10.3. The zero-order valence-corrected chi connectivity index (χ0v) is 18.1. The third-order valence-corrected chi connectivity index (χ3v) is 5.68. The lowest BCUT2D eigenvalue weighted by atomic mass is 10.0. The molecule has 7 heteroatoms. The van der Waals surface area contributed by atoms with Gasteiger partial charge in [0, 0.05) is 16.4 Å². The van der Waals surface area contributed by atoms with Gasteiger partial charge in [-0.15, -0.1) is 0 Å². The van der Waals surface area contributed by atoms with Crippen molar-refractivity contribution in [2.45, 2.75) is 19.6 Å². The molecule has 1 aromatic heterocycles. The lowest BCUT2D eigenvalue weighted by Gasteiger charge is -2.32. The summed E-state index contributed by atoms with van der Waals surface area (Å²) < 4.78 is 5.88. The van der Waals surface area contributed by atoms with Gasteiger partial charge in [0.05, 0.1) is 6.61 Å². The number of anilines is 2. The number of oxazole rings is 1. The summed E-state index contributed by atoms with van der Waals surface area (Å²) in [4.78, 5) is 11.5. The molecule has 2 heterocycles. The molecule has 3 aromatic carbocycles. The summed E-state index contributed by atoms with van der Waals surface area (Å²) in [6, 6.07) is 23.1. The highest BCUT2D eigenvalue weighted by molar-refractivity contribution is 6.31. The van der Waals surface area contributed by atoms with Crippen LogP contribution in [0.25, 0.3) is 11.1 Å². The maximum absolute atomic E-state index is 9.40. The molecule has 0 spiro atoms. The van der Waals surface area contributed by atoms with Crippen LogP contribution in [0.4, 0.5) is 11.7 Å². The largest absolute Gasteiger partial charge is 0.423 e. The molecule has 0 saturated heterocycles. The van der Waals surface area contributed by atoms with Crippen molar-refractivity contribution in [1.82, 2.24) is 4.98 Å². The van der Waals surface area contributed by atoms with Gasteiger partial charge in [-0.2, -0.15) is 4.98 Å². The van der Waals surface area contributed by atoms with Crippen molar-refractivity contribution in [3.8, 4) is 0 Å². The van der Waals surface area contributed by atoms with E-state index < -0.39 is 0 Å². The van der Waals surface area contributed by atoms with Crippen LogP contribution in [0.1, 0.15) is 24.1 Å². The number of allylic oxidation sites excluding steroid dienone is 1. The monoisotopic (exact) mass is 444 g/mol. The lowest BCUT2D eigenvalue weighted by molar-refractivity contribution is 0.282. The number of nitrogens with zero attached hydrogens (tertiary/aromatic N) is 3. The van der Waals surface area contributed by atoms with E-state index in [1.54, 1.807) is 0 Å². The molecule has 1 aliphatic heterocycles. The molecule has 0 aliphatic carbocycles. The molecule has 1 atom stereocenters. The van der Waals surface area contributed by atoms with Crippen LogP contribution in [-0.2, 0) is 6.61 Å². The van der Waals surface area contributed by atoms with Crippen LogP contribution < -0.4 is 10.2 Å². The minimum absolute atomic E-state index is 0.00815. The van der Waals surface area contributed by atoms with Gasteiger partial charge in [-0.25, -0.2) is 4.99 Å². The second-order valence-electron chi connectivity index (χ2n) is 7.50. The van der Waals surface area contributed by atoms with Gasteiger partial charge in [0.25, 0.3) is 0 Å². The summed E-state index contributed by atoms with van der Waals surface area (Å²) in [5.41, 5.74) is 5.09. The standard InChI is InChI=1S/C25H21ClN4O2/c1-16-14-22(19-6-2-3-7-20(19)26)27-24(30(16)18-12-10-17(15-31)11-13-18)29-25-28-21-8-4-5-9-23(21)32-25/h2-14,22,31H,15H2,1H3,(H,27,28,29). The summed E-state index contributed by atoms with van der Waals surface area (Å²) >= 11 is 6.47. The number of guanidine groups is 1. The fourth-order valence-electron chi connectivity index (χ4n) is 3.76. The van der Waals surface area contributed by atoms with E-state index in [1.165, 1.54) is 0 Å². The number of nitrogens with one attached hydrogen (secondary N) is 1. The van der Waals surface area contributed by atoms with E-state index in [2.05, 4.69) is 16.4 Å². The Balaban J connectivity index is 1.57. The molecule has 32 heavy (non-hydrogen) atoms. The Morgan fingerprint density at radius 1 is 1.03 bits per heavy atom. The Labute approximate surface area is 190 Å². The number of fused-ring (bicyclic) bond motifs is 1. The number of para-hydroxylation sites is 2. The Morgan fingerprint density at radius 2 is 1.78 bits per heavy atom. The smallest absolute Gasteiger partial charge is 0.302 e. The second-order valence-corrected chi connectivity index (χ2v) is 7.91. The Morgan fingerprint density at radius 3 is 2.53 bits per heavy atom. The first kappa shape index (κ1) is 20.3. The molecule has 0 saturated carbocycles. The first-order valence-corrected chi connectivity index (χ1v) is 10.6. The van der Waals surface area contributed by atoms with E-state index in [0.717, 1.165) is 28.0 Å². The Hall–Kier alpha value is -3.61. The fourth-order valence-corrected chi connectivity index (χ4v) is 4.00. The van der Waals surface area contributed by atoms with E-state index in [-0.39, 0.29) is 12.6 Å². The van der Waals surface area contributed by atoms with Crippen molar-refractivity contribution in [2.75, 3.05) is 10.2 Å².